The summed E-state index contributed by atoms with van der Waals surface area (Å²) < 4.78 is 42.4. The molecular formula is C56H93FNO12+. The number of aliphatic hydroxyl groups excluding tert-OH is 3. The summed E-state index contributed by atoms with van der Waals surface area (Å²) in [5.74, 6) is -3.25. The van der Waals surface area contributed by atoms with Crippen LogP contribution in [0.2, 0.25) is 0 Å². The largest absolute Gasteiger partial charge is 0.459 e. The maximum Gasteiger partial charge on any atom is 0.311 e. The number of hydrogen-bond acceptors (Lipinski definition) is 11. The van der Waals surface area contributed by atoms with Gasteiger partial charge in [-0.25, -0.2) is 4.39 Å². The van der Waals surface area contributed by atoms with Gasteiger partial charge in [0.2, 0.25) is 5.91 Å². The molecule has 7 N–H and O–H groups in total. The van der Waals surface area contributed by atoms with Gasteiger partial charge in [0.1, 0.15) is 17.8 Å². The average Bonchev–Trinajstić information content (AvgIpc) is 3.54. The van der Waals surface area contributed by atoms with Crippen molar-refractivity contribution < 1.29 is 63.3 Å². The quantitative estimate of drug-likeness (QED) is 0.0873. The topological polar surface area (TPSA) is 204 Å². The number of carbonyl (C=O) groups is 3. The third-order valence-electron chi connectivity index (χ3n) is 19.5. The van der Waals surface area contributed by atoms with Crippen LogP contribution >= 0.6 is 0 Å². The molecule has 400 valence electrons. The Kier molecular flexibility index (Phi) is 17.5. The number of allylic oxidation sites excluding steroid dienone is 4. The fourth-order valence-electron chi connectivity index (χ4n) is 15.5. The molecule has 14 heteroatoms. The van der Waals surface area contributed by atoms with Gasteiger partial charge in [-0.3, -0.25) is 14.4 Å². The summed E-state index contributed by atoms with van der Waals surface area (Å²) in [6.07, 6.45) is 5.12. The lowest BCUT2D eigenvalue weighted by molar-refractivity contribution is -0.296. The molecule has 2 saturated heterocycles. The number of alkyl halides is 1. The molecule has 5 fully saturated rings. The molecule has 6 unspecified atom stereocenters. The zero-order chi connectivity index (χ0) is 52.1. The molecule has 1 amide bonds. The molecule has 6 aliphatic rings. The van der Waals surface area contributed by atoms with Crippen LogP contribution in [-0.2, 0) is 33.3 Å². The van der Waals surface area contributed by atoms with Gasteiger partial charge in [-0.2, -0.15) is 0 Å². The van der Waals surface area contributed by atoms with Crippen LogP contribution in [-0.4, -0.2) is 122 Å². The third kappa shape index (κ3) is 10.8. The normalized spacial score (nSPS) is 49.7. The van der Waals surface area contributed by atoms with Crippen molar-refractivity contribution in [2.24, 2.45) is 64.1 Å². The Balaban J connectivity index is 1.15. The summed E-state index contributed by atoms with van der Waals surface area (Å²) in [7, 11) is 1.54. The van der Waals surface area contributed by atoms with Crippen molar-refractivity contribution in [1.29, 1.82) is 0 Å². The third-order valence-corrected chi connectivity index (χ3v) is 19.5. The van der Waals surface area contributed by atoms with E-state index in [1.165, 1.54) is 20.1 Å². The van der Waals surface area contributed by atoms with E-state index in [1.54, 1.807) is 32.9 Å². The van der Waals surface area contributed by atoms with E-state index in [0.717, 1.165) is 24.8 Å². The average molecular weight is 991 g/mol. The van der Waals surface area contributed by atoms with Gasteiger partial charge in [-0.05, 0) is 133 Å². The number of cyclic esters (lactones) is 1. The van der Waals surface area contributed by atoms with E-state index in [0.29, 0.717) is 51.5 Å². The SMILES string of the molecule is CC[C@H]1OC(=O)[C@H](C)[C@@H](O[C@@H]2C[C@](C)(OC)[C@H](O)C(C)O2)[C@H](C)C[C@](C)([OH2+])C[C@@H](C)CCCC(CCCNC(=O)[C@@H]2[C@H](C)CC3C4CCC5=CC(=O)C=C[C@]5(C)[C@@]4(F)[C@@H](O)CC32C)[C@H](C)C(O)[C@]1(C)O. The van der Waals surface area contributed by atoms with Crippen LogP contribution in [0.4, 0.5) is 4.39 Å². The molecule has 13 nitrogen and oxygen atoms in total. The lowest BCUT2D eigenvalue weighted by atomic mass is 9.45. The minimum atomic E-state index is -1.95. The summed E-state index contributed by atoms with van der Waals surface area (Å²) in [5.41, 5.74) is -6.53. The monoisotopic (exact) mass is 991 g/mol. The molecule has 0 aromatic carbocycles. The maximum absolute atomic E-state index is 17.7. The standard InChI is InChI=1S/C56H92FNO12/c1-14-43-55(12,66)47(61)34(5)37(18-15-17-31(2)27-51(8,65)28-33(4)46(35(6)50(64)69-43)70-44-30-54(11,67-13)48(62)36(7)68-44)19-16-24-58-49(63)45-32(3)25-41-40-21-20-38-26-39(59)22-23-53(38,10)56(40,57)42(60)29-52(41,45)9/h22-23,26,31-37,40-48,60-62,65-66H,14-21,24-25,27-30H2,1-13H3,(H,58,63)/p+1/t31-,32+,33+,34-,35+,36?,37?,40?,41?,42-,43+,44+,45-,46-,47?,48+,51+,52?,53-,54-,55+,56-/m0/s1. The van der Waals surface area contributed by atoms with E-state index >= 15 is 4.39 Å². The second kappa shape index (κ2) is 21.5. The number of hydrogen-bond donors (Lipinski definition) is 5. The molecule has 3 saturated carbocycles. The van der Waals surface area contributed by atoms with E-state index in [4.69, 9.17) is 18.9 Å². The van der Waals surface area contributed by atoms with Crippen molar-refractivity contribution in [1.82, 2.24) is 5.32 Å². The lowest BCUT2D eigenvalue weighted by Gasteiger charge is -2.61. The van der Waals surface area contributed by atoms with Crippen LogP contribution in [0.1, 0.15) is 167 Å². The van der Waals surface area contributed by atoms with Gasteiger partial charge in [0, 0.05) is 57.1 Å². The number of ether oxygens (including phenoxy) is 4. The van der Waals surface area contributed by atoms with Crippen molar-refractivity contribution in [2.75, 3.05) is 13.7 Å². The van der Waals surface area contributed by atoms with Gasteiger partial charge in [0.15, 0.2) is 23.3 Å². The molecule has 0 radical (unpaired) electrons. The number of rotatable bonds is 9. The molecule has 2 aliphatic heterocycles. The highest BCUT2D eigenvalue weighted by atomic mass is 19.1. The fourth-order valence-corrected chi connectivity index (χ4v) is 15.5. The highest BCUT2D eigenvalue weighted by molar-refractivity contribution is 6.01. The minimum absolute atomic E-state index is 0.0256. The van der Waals surface area contributed by atoms with E-state index in [2.05, 4.69) is 26.1 Å². The molecule has 0 bridgehead atoms. The Morgan fingerprint density at radius 2 is 1.61 bits per heavy atom. The number of aliphatic hydroxyl groups is 4. The molecule has 0 aromatic rings. The zero-order valence-electron chi connectivity index (χ0n) is 44.9. The lowest BCUT2D eigenvalue weighted by Crippen LogP contribution is -2.67. The number of amides is 1. The number of halogens is 1. The van der Waals surface area contributed by atoms with Crippen molar-refractivity contribution in [3.05, 3.63) is 23.8 Å². The summed E-state index contributed by atoms with van der Waals surface area (Å²) in [6.45, 7) is 23.0. The molecule has 22 atom stereocenters. The Morgan fingerprint density at radius 1 is 0.929 bits per heavy atom. The fraction of sp³-hybridized carbons (Fsp3) is 0.875. The first kappa shape index (κ1) is 57.0. The molecule has 6 rings (SSSR count). The van der Waals surface area contributed by atoms with Crippen LogP contribution in [0.25, 0.3) is 0 Å². The number of ketones is 1. The van der Waals surface area contributed by atoms with Gasteiger partial charge in [-0.15, -0.1) is 0 Å². The van der Waals surface area contributed by atoms with Gasteiger partial charge >= 0.3 is 5.97 Å². The van der Waals surface area contributed by atoms with Crippen molar-refractivity contribution in [3.8, 4) is 0 Å². The predicted octanol–water partition coefficient (Wildman–Crippen LogP) is 7.44. The Hall–Kier alpha value is -2.30. The van der Waals surface area contributed by atoms with Gasteiger partial charge in [0.05, 0.1) is 35.9 Å². The number of fused-ring (bicyclic) bond motifs is 5. The van der Waals surface area contributed by atoms with Crippen LogP contribution in [0.15, 0.2) is 23.8 Å². The van der Waals surface area contributed by atoms with Crippen LogP contribution < -0.4 is 5.32 Å². The zero-order valence-corrected chi connectivity index (χ0v) is 44.9. The second-order valence-corrected chi connectivity index (χ2v) is 24.9. The first-order valence-corrected chi connectivity index (χ1v) is 27.0. The molecule has 0 aromatic heterocycles. The maximum atomic E-state index is 17.7. The van der Waals surface area contributed by atoms with Crippen molar-refractivity contribution in [2.45, 2.75) is 232 Å². The Bertz CT molecular complexity index is 1920. The minimum Gasteiger partial charge on any atom is -0.459 e. The number of nitrogens with one attached hydrogen (secondary N) is 1. The molecule has 70 heavy (non-hydrogen) atoms. The molecule has 0 spiro atoms. The van der Waals surface area contributed by atoms with Crippen LogP contribution in [0.3, 0.4) is 0 Å². The highest BCUT2D eigenvalue weighted by Crippen LogP contribution is 2.69. The van der Waals surface area contributed by atoms with E-state index < -0.39 is 106 Å². The molecule has 2 heterocycles. The number of carbonyl (C=O) groups excluding carboxylic acids is 3. The summed E-state index contributed by atoms with van der Waals surface area (Å²) in [5, 5.41) is 59.8. The smallest absolute Gasteiger partial charge is 0.311 e. The van der Waals surface area contributed by atoms with Gasteiger partial charge in [0.25, 0.3) is 0 Å². The highest BCUT2D eigenvalue weighted by Gasteiger charge is 2.72. The molecular weight excluding hydrogens is 898 g/mol. The van der Waals surface area contributed by atoms with E-state index in [-0.39, 0.29) is 60.5 Å². The summed E-state index contributed by atoms with van der Waals surface area (Å²) in [4.78, 5) is 40.9. The van der Waals surface area contributed by atoms with Gasteiger partial charge < -0.3 is 49.8 Å². The summed E-state index contributed by atoms with van der Waals surface area (Å²) >= 11 is 0. The van der Waals surface area contributed by atoms with Crippen LogP contribution in [0.5, 0.6) is 0 Å². The predicted molar refractivity (Wildman–Crippen MR) is 266 cm³/mol. The van der Waals surface area contributed by atoms with Crippen molar-refractivity contribution in [3.63, 3.8) is 0 Å². The second-order valence-electron chi connectivity index (χ2n) is 24.9. The number of methoxy groups -OCH3 is 1. The summed E-state index contributed by atoms with van der Waals surface area (Å²) in [6, 6.07) is 0. The Labute approximate surface area is 418 Å². The van der Waals surface area contributed by atoms with Crippen molar-refractivity contribution >= 4 is 17.7 Å². The first-order valence-electron chi connectivity index (χ1n) is 27.0. The van der Waals surface area contributed by atoms with E-state index in [1.807, 2.05) is 34.6 Å². The first-order chi connectivity index (χ1) is 32.5. The number of esters is 1. The van der Waals surface area contributed by atoms with Crippen LogP contribution in [0, 0.1) is 64.1 Å². The van der Waals surface area contributed by atoms with Gasteiger partial charge in [-0.1, -0.05) is 72.5 Å². The van der Waals surface area contributed by atoms with E-state index in [9.17, 15) is 39.9 Å². The Morgan fingerprint density at radius 3 is 2.27 bits per heavy atom. The molecule has 4 aliphatic carbocycles.